The molecule has 0 bridgehead atoms. The van der Waals surface area contributed by atoms with E-state index in [0.717, 1.165) is 12.8 Å². The second-order valence-electron chi connectivity index (χ2n) is 2.85. The van der Waals surface area contributed by atoms with Gasteiger partial charge in [-0.05, 0) is 12.8 Å². The summed E-state index contributed by atoms with van der Waals surface area (Å²) in [5.41, 5.74) is 0. The Balaban J connectivity index is 3.92. The molecule has 0 aliphatic carbocycles. The molecule has 0 aliphatic rings. The number of Topliss-reactive ketones (excluding diaryl/α,β-unsaturated/α-hetero) is 2. The molecule has 1 unspecified atom stereocenters. The minimum Gasteiger partial charge on any atom is -0.291 e. The molecule has 0 heterocycles. The predicted molar refractivity (Wildman–Crippen MR) is 44.4 cm³/mol. The van der Waals surface area contributed by atoms with E-state index < -0.39 is 0 Å². The van der Waals surface area contributed by atoms with Gasteiger partial charge in [0.05, 0.1) is 0 Å². The fraction of sp³-hybridized carbons (Fsp3) is 0.778. The Morgan fingerprint density at radius 2 is 1.82 bits per heavy atom. The molecular formula is C9H16O2. The lowest BCUT2D eigenvalue weighted by Gasteiger charge is -2.04. The molecule has 0 saturated carbocycles. The van der Waals surface area contributed by atoms with Gasteiger partial charge in [0.15, 0.2) is 5.78 Å². The Morgan fingerprint density at radius 1 is 1.27 bits per heavy atom. The van der Waals surface area contributed by atoms with E-state index in [1.54, 1.807) is 6.92 Å². The molecule has 11 heavy (non-hydrogen) atoms. The summed E-state index contributed by atoms with van der Waals surface area (Å²) in [4.78, 5) is 22.1. The van der Waals surface area contributed by atoms with E-state index in [0.29, 0.717) is 6.42 Å². The van der Waals surface area contributed by atoms with Gasteiger partial charge in [0.25, 0.3) is 0 Å². The van der Waals surface area contributed by atoms with Gasteiger partial charge < -0.3 is 0 Å². The fourth-order valence-electron chi connectivity index (χ4n) is 0.810. The summed E-state index contributed by atoms with van der Waals surface area (Å²) in [5, 5.41) is 0. The summed E-state index contributed by atoms with van der Waals surface area (Å²) in [5.74, 6) is -0.495. The molecule has 1 atom stereocenters. The minimum absolute atomic E-state index is 0.0888. The van der Waals surface area contributed by atoms with Crippen LogP contribution in [-0.2, 0) is 9.59 Å². The predicted octanol–water partition coefficient (Wildman–Crippen LogP) is 1.97. The van der Waals surface area contributed by atoms with Crippen molar-refractivity contribution in [2.24, 2.45) is 5.92 Å². The summed E-state index contributed by atoms with van der Waals surface area (Å²) in [6, 6.07) is 0. The van der Waals surface area contributed by atoms with Gasteiger partial charge >= 0.3 is 0 Å². The molecule has 0 rings (SSSR count). The Kier molecular flexibility index (Phi) is 4.75. The molecule has 2 heteroatoms. The van der Waals surface area contributed by atoms with Crippen LogP contribution in [0, 0.1) is 5.92 Å². The van der Waals surface area contributed by atoms with Crippen molar-refractivity contribution < 1.29 is 9.59 Å². The summed E-state index contributed by atoms with van der Waals surface area (Å²) in [6.07, 6.45) is 1.93. The molecule has 0 radical (unpaired) electrons. The number of carbonyl (C=O) groups excluding carboxylic acids is 2. The van der Waals surface area contributed by atoms with Gasteiger partial charge in [-0.25, -0.2) is 0 Å². The monoisotopic (exact) mass is 156 g/mol. The number of ketones is 2. The molecule has 0 aromatic rings. The fourth-order valence-corrected chi connectivity index (χ4v) is 0.810. The van der Waals surface area contributed by atoms with Crippen molar-refractivity contribution in [1.29, 1.82) is 0 Å². The first-order chi connectivity index (χ1) is 5.13. The zero-order valence-electron chi connectivity index (χ0n) is 7.52. The van der Waals surface area contributed by atoms with E-state index in [2.05, 4.69) is 0 Å². The van der Waals surface area contributed by atoms with E-state index in [4.69, 9.17) is 0 Å². The van der Waals surface area contributed by atoms with E-state index in [9.17, 15) is 9.59 Å². The van der Waals surface area contributed by atoms with E-state index >= 15 is 0 Å². The van der Waals surface area contributed by atoms with Crippen LogP contribution in [0.1, 0.15) is 40.0 Å². The molecular weight excluding hydrogens is 140 g/mol. The number of rotatable bonds is 5. The standard InChI is InChI=1S/C9H16O2/c1-4-6-8(10)9(11)7(3)5-2/h7H,4-6H2,1-3H3. The zero-order valence-corrected chi connectivity index (χ0v) is 7.52. The second-order valence-corrected chi connectivity index (χ2v) is 2.85. The summed E-state index contributed by atoms with van der Waals surface area (Å²) >= 11 is 0. The van der Waals surface area contributed by atoms with Crippen LogP contribution in [0.25, 0.3) is 0 Å². The highest BCUT2D eigenvalue weighted by atomic mass is 16.2. The maximum atomic E-state index is 11.1. The third kappa shape index (κ3) is 3.30. The van der Waals surface area contributed by atoms with Gasteiger partial charge in [-0.1, -0.05) is 20.8 Å². The molecule has 0 N–H and O–H groups in total. The van der Waals surface area contributed by atoms with Crippen molar-refractivity contribution in [2.75, 3.05) is 0 Å². The van der Waals surface area contributed by atoms with Crippen LogP contribution in [0.5, 0.6) is 0 Å². The van der Waals surface area contributed by atoms with Gasteiger partial charge in [-0.15, -0.1) is 0 Å². The van der Waals surface area contributed by atoms with Crippen molar-refractivity contribution in [3.8, 4) is 0 Å². The van der Waals surface area contributed by atoms with E-state index in [1.807, 2.05) is 13.8 Å². The topological polar surface area (TPSA) is 34.1 Å². The van der Waals surface area contributed by atoms with Gasteiger partial charge in [0.2, 0.25) is 5.78 Å². The van der Waals surface area contributed by atoms with Crippen LogP contribution in [0.15, 0.2) is 0 Å². The van der Waals surface area contributed by atoms with Crippen molar-refractivity contribution in [3.63, 3.8) is 0 Å². The number of hydrogen-bond donors (Lipinski definition) is 0. The quantitative estimate of drug-likeness (QED) is 0.570. The Hall–Kier alpha value is -0.660. The Morgan fingerprint density at radius 3 is 2.18 bits per heavy atom. The molecule has 0 aromatic heterocycles. The SMILES string of the molecule is CCCC(=O)C(=O)C(C)CC. The smallest absolute Gasteiger partial charge is 0.201 e. The maximum absolute atomic E-state index is 11.1. The summed E-state index contributed by atoms with van der Waals surface area (Å²) in [7, 11) is 0. The largest absolute Gasteiger partial charge is 0.291 e. The lowest BCUT2D eigenvalue weighted by Crippen LogP contribution is -2.20. The molecule has 0 fully saturated rings. The van der Waals surface area contributed by atoms with Gasteiger partial charge in [-0.3, -0.25) is 9.59 Å². The first-order valence-corrected chi connectivity index (χ1v) is 4.20. The molecule has 0 spiro atoms. The van der Waals surface area contributed by atoms with Crippen LogP contribution in [-0.4, -0.2) is 11.6 Å². The van der Waals surface area contributed by atoms with E-state index in [-0.39, 0.29) is 17.5 Å². The average molecular weight is 156 g/mol. The highest BCUT2D eigenvalue weighted by molar-refractivity contribution is 6.37. The van der Waals surface area contributed by atoms with Crippen LogP contribution >= 0.6 is 0 Å². The summed E-state index contributed by atoms with van der Waals surface area (Å²) in [6.45, 7) is 5.62. The first kappa shape index (κ1) is 10.3. The highest BCUT2D eigenvalue weighted by Gasteiger charge is 2.17. The molecule has 64 valence electrons. The van der Waals surface area contributed by atoms with Crippen molar-refractivity contribution in [3.05, 3.63) is 0 Å². The van der Waals surface area contributed by atoms with Crippen LogP contribution in [0.3, 0.4) is 0 Å². The average Bonchev–Trinajstić information content (AvgIpc) is 2.02. The van der Waals surface area contributed by atoms with Gasteiger partial charge in [-0.2, -0.15) is 0 Å². The van der Waals surface area contributed by atoms with Crippen molar-refractivity contribution in [1.82, 2.24) is 0 Å². The minimum atomic E-state index is -0.207. The lowest BCUT2D eigenvalue weighted by molar-refractivity contribution is -0.138. The van der Waals surface area contributed by atoms with Crippen LogP contribution in [0.4, 0.5) is 0 Å². The van der Waals surface area contributed by atoms with Gasteiger partial charge in [0.1, 0.15) is 0 Å². The second kappa shape index (κ2) is 5.05. The molecule has 0 aliphatic heterocycles. The molecule has 2 nitrogen and oxygen atoms in total. The number of carbonyl (C=O) groups is 2. The Bertz CT molecular complexity index is 150. The maximum Gasteiger partial charge on any atom is 0.201 e. The van der Waals surface area contributed by atoms with Crippen molar-refractivity contribution in [2.45, 2.75) is 40.0 Å². The van der Waals surface area contributed by atoms with Crippen molar-refractivity contribution >= 4 is 11.6 Å². The van der Waals surface area contributed by atoms with Crippen LogP contribution < -0.4 is 0 Å². The zero-order chi connectivity index (χ0) is 8.85. The van der Waals surface area contributed by atoms with Gasteiger partial charge in [0, 0.05) is 12.3 Å². The summed E-state index contributed by atoms with van der Waals surface area (Å²) < 4.78 is 0. The van der Waals surface area contributed by atoms with Crippen LogP contribution in [0.2, 0.25) is 0 Å². The molecule has 0 amide bonds. The molecule has 0 saturated heterocycles. The first-order valence-electron chi connectivity index (χ1n) is 4.20. The molecule has 0 aromatic carbocycles. The van der Waals surface area contributed by atoms with E-state index in [1.165, 1.54) is 0 Å². The highest BCUT2D eigenvalue weighted by Crippen LogP contribution is 2.05. The normalized spacial score (nSPS) is 12.6. The number of hydrogen-bond acceptors (Lipinski definition) is 2. The Labute approximate surface area is 68.0 Å². The third-order valence-electron chi connectivity index (χ3n) is 1.81. The third-order valence-corrected chi connectivity index (χ3v) is 1.81. The lowest BCUT2D eigenvalue weighted by atomic mass is 9.98.